The summed E-state index contributed by atoms with van der Waals surface area (Å²) in [5, 5.41) is 0.581. The molecule has 0 bridgehead atoms. The second-order valence-corrected chi connectivity index (χ2v) is 5.15. The topological polar surface area (TPSA) is 77.2 Å². The molecule has 0 aromatic carbocycles. The van der Waals surface area contributed by atoms with Gasteiger partial charge in [0.25, 0.3) is 0 Å². The Bertz CT molecular complexity index is 375. The third-order valence-corrected chi connectivity index (χ3v) is 3.46. The van der Waals surface area contributed by atoms with Crippen molar-refractivity contribution >= 4 is 23.7 Å². The average molecular weight is 241 g/mol. The van der Waals surface area contributed by atoms with Gasteiger partial charge in [-0.2, -0.15) is 26.7 Å². The SMILES string of the molecule is COc1nc(N)nc(N2CCSC(C)C2)n1. The van der Waals surface area contributed by atoms with Gasteiger partial charge in [0.15, 0.2) is 0 Å². The van der Waals surface area contributed by atoms with Gasteiger partial charge in [0, 0.05) is 24.1 Å². The fraction of sp³-hybridized carbons (Fsp3) is 0.667. The van der Waals surface area contributed by atoms with Gasteiger partial charge in [0.05, 0.1) is 7.11 Å². The molecule has 1 unspecified atom stereocenters. The van der Waals surface area contributed by atoms with Gasteiger partial charge >= 0.3 is 6.01 Å². The van der Waals surface area contributed by atoms with Crippen LogP contribution >= 0.6 is 11.8 Å². The maximum Gasteiger partial charge on any atom is 0.322 e. The van der Waals surface area contributed by atoms with Gasteiger partial charge in [-0.1, -0.05) is 6.92 Å². The van der Waals surface area contributed by atoms with Crippen LogP contribution in [-0.2, 0) is 0 Å². The second-order valence-electron chi connectivity index (χ2n) is 3.61. The number of ether oxygens (including phenoxy) is 1. The van der Waals surface area contributed by atoms with Crippen molar-refractivity contribution < 1.29 is 4.74 Å². The molecule has 1 saturated heterocycles. The van der Waals surface area contributed by atoms with Gasteiger partial charge in [0.2, 0.25) is 11.9 Å². The molecule has 1 aromatic heterocycles. The molecule has 6 nitrogen and oxygen atoms in total. The highest BCUT2D eigenvalue weighted by Gasteiger charge is 2.20. The third-order valence-electron chi connectivity index (χ3n) is 2.33. The summed E-state index contributed by atoms with van der Waals surface area (Å²) in [6, 6.07) is 0.272. The number of rotatable bonds is 2. The molecule has 1 atom stereocenters. The summed E-state index contributed by atoms with van der Waals surface area (Å²) >= 11 is 1.96. The molecule has 1 aliphatic heterocycles. The van der Waals surface area contributed by atoms with E-state index in [0.717, 1.165) is 18.8 Å². The first-order chi connectivity index (χ1) is 7.69. The first-order valence-corrected chi connectivity index (χ1v) is 6.16. The number of nitrogen functional groups attached to an aromatic ring is 1. The number of hydrogen-bond acceptors (Lipinski definition) is 7. The highest BCUT2D eigenvalue weighted by atomic mass is 32.2. The lowest BCUT2D eigenvalue weighted by atomic mass is 10.4. The summed E-state index contributed by atoms with van der Waals surface area (Å²) in [5.41, 5.74) is 5.60. The number of hydrogen-bond donors (Lipinski definition) is 1. The molecular formula is C9H15N5OS. The quantitative estimate of drug-likeness (QED) is 0.803. The minimum Gasteiger partial charge on any atom is -0.467 e. The highest BCUT2D eigenvalue weighted by Crippen LogP contribution is 2.22. The Morgan fingerprint density at radius 2 is 2.25 bits per heavy atom. The Morgan fingerprint density at radius 1 is 1.44 bits per heavy atom. The lowest BCUT2D eigenvalue weighted by molar-refractivity contribution is 0.379. The fourth-order valence-electron chi connectivity index (χ4n) is 1.59. The molecule has 1 fully saturated rings. The van der Waals surface area contributed by atoms with Crippen LogP contribution in [0.1, 0.15) is 6.92 Å². The van der Waals surface area contributed by atoms with Gasteiger partial charge in [-0.05, 0) is 0 Å². The van der Waals surface area contributed by atoms with Crippen LogP contribution in [0.25, 0.3) is 0 Å². The van der Waals surface area contributed by atoms with Crippen LogP contribution < -0.4 is 15.4 Å². The van der Waals surface area contributed by atoms with Crippen LogP contribution in [0.2, 0.25) is 0 Å². The molecule has 0 amide bonds. The van der Waals surface area contributed by atoms with Crippen molar-refractivity contribution in [3.63, 3.8) is 0 Å². The summed E-state index contributed by atoms with van der Waals surface area (Å²) in [5.74, 6) is 1.89. The zero-order valence-electron chi connectivity index (χ0n) is 9.38. The van der Waals surface area contributed by atoms with Gasteiger partial charge < -0.3 is 15.4 Å². The van der Waals surface area contributed by atoms with Crippen molar-refractivity contribution in [3.8, 4) is 6.01 Å². The number of anilines is 2. The number of aromatic nitrogens is 3. The predicted octanol–water partition coefficient (Wildman–Crippen LogP) is 0.404. The Morgan fingerprint density at radius 3 is 2.94 bits per heavy atom. The summed E-state index contributed by atoms with van der Waals surface area (Å²) in [6.45, 7) is 4.05. The number of thioether (sulfide) groups is 1. The van der Waals surface area contributed by atoms with E-state index in [1.54, 1.807) is 0 Å². The molecule has 2 N–H and O–H groups in total. The molecule has 2 rings (SSSR count). The average Bonchev–Trinajstić information content (AvgIpc) is 2.28. The first kappa shape index (κ1) is 11.3. The van der Waals surface area contributed by atoms with Gasteiger partial charge in [-0.15, -0.1) is 0 Å². The number of nitrogens with two attached hydrogens (primary N) is 1. The van der Waals surface area contributed by atoms with E-state index in [1.165, 1.54) is 7.11 Å². The zero-order chi connectivity index (χ0) is 11.5. The van der Waals surface area contributed by atoms with Crippen LogP contribution in [0.15, 0.2) is 0 Å². The monoisotopic (exact) mass is 241 g/mol. The Hall–Kier alpha value is -1.24. The van der Waals surface area contributed by atoms with E-state index in [-0.39, 0.29) is 12.0 Å². The Kier molecular flexibility index (Phi) is 3.33. The van der Waals surface area contributed by atoms with Crippen molar-refractivity contribution in [1.82, 2.24) is 15.0 Å². The van der Waals surface area contributed by atoms with E-state index >= 15 is 0 Å². The summed E-state index contributed by atoms with van der Waals surface area (Å²) in [6.07, 6.45) is 0. The zero-order valence-corrected chi connectivity index (χ0v) is 10.2. The molecule has 2 heterocycles. The molecule has 1 aliphatic rings. The summed E-state index contributed by atoms with van der Waals surface area (Å²) in [7, 11) is 1.52. The Labute approximate surface area is 98.6 Å². The summed E-state index contributed by atoms with van der Waals surface area (Å²) in [4.78, 5) is 14.3. The lowest BCUT2D eigenvalue weighted by Crippen LogP contribution is -2.38. The van der Waals surface area contributed by atoms with Crippen LogP contribution in [0.3, 0.4) is 0 Å². The Balaban J connectivity index is 2.21. The van der Waals surface area contributed by atoms with Gasteiger partial charge in [-0.3, -0.25) is 0 Å². The van der Waals surface area contributed by atoms with Crippen molar-refractivity contribution in [2.45, 2.75) is 12.2 Å². The summed E-state index contributed by atoms with van der Waals surface area (Å²) < 4.78 is 4.98. The maximum atomic E-state index is 5.60. The van der Waals surface area contributed by atoms with Crippen LogP contribution in [-0.4, -0.2) is 46.2 Å². The predicted molar refractivity (Wildman–Crippen MR) is 64.9 cm³/mol. The maximum absolute atomic E-state index is 5.60. The van der Waals surface area contributed by atoms with Gasteiger partial charge in [0.1, 0.15) is 0 Å². The van der Waals surface area contributed by atoms with E-state index in [2.05, 4.69) is 26.8 Å². The van der Waals surface area contributed by atoms with E-state index < -0.39 is 0 Å². The van der Waals surface area contributed by atoms with Crippen molar-refractivity contribution in [1.29, 1.82) is 0 Å². The smallest absolute Gasteiger partial charge is 0.322 e. The van der Waals surface area contributed by atoms with E-state index in [4.69, 9.17) is 10.5 Å². The molecular weight excluding hydrogens is 226 g/mol. The number of methoxy groups -OCH3 is 1. The molecule has 88 valence electrons. The fourth-order valence-corrected chi connectivity index (χ4v) is 2.61. The minimum atomic E-state index is 0.202. The minimum absolute atomic E-state index is 0.202. The number of nitrogens with zero attached hydrogens (tertiary/aromatic N) is 4. The van der Waals surface area contributed by atoms with Crippen molar-refractivity contribution in [2.75, 3.05) is 36.6 Å². The van der Waals surface area contributed by atoms with Gasteiger partial charge in [-0.25, -0.2) is 0 Å². The van der Waals surface area contributed by atoms with Crippen LogP contribution in [0, 0.1) is 0 Å². The highest BCUT2D eigenvalue weighted by molar-refractivity contribution is 8.00. The van der Waals surface area contributed by atoms with E-state index in [0.29, 0.717) is 11.2 Å². The largest absolute Gasteiger partial charge is 0.467 e. The molecule has 0 aliphatic carbocycles. The lowest BCUT2D eigenvalue weighted by Gasteiger charge is -2.30. The van der Waals surface area contributed by atoms with E-state index in [9.17, 15) is 0 Å². The van der Waals surface area contributed by atoms with Crippen molar-refractivity contribution in [2.24, 2.45) is 0 Å². The second kappa shape index (κ2) is 4.73. The third kappa shape index (κ3) is 2.46. The van der Waals surface area contributed by atoms with Crippen molar-refractivity contribution in [3.05, 3.63) is 0 Å². The van der Waals surface area contributed by atoms with Crippen LogP contribution in [0.4, 0.5) is 11.9 Å². The van der Waals surface area contributed by atoms with E-state index in [1.807, 2.05) is 11.8 Å². The molecule has 0 saturated carbocycles. The standard InChI is InChI=1S/C9H15N5OS/c1-6-5-14(3-4-16-6)8-11-7(10)12-9(13-8)15-2/h6H,3-5H2,1-2H3,(H2,10,11,12,13). The molecule has 16 heavy (non-hydrogen) atoms. The molecule has 0 spiro atoms. The molecule has 0 radical (unpaired) electrons. The van der Waals surface area contributed by atoms with Crippen LogP contribution in [0.5, 0.6) is 6.01 Å². The molecule has 7 heteroatoms. The normalized spacial score (nSPS) is 20.9. The first-order valence-electron chi connectivity index (χ1n) is 5.11. The molecule has 1 aromatic rings.